The molecule has 1 amide bonds. The number of phenols is 2. The van der Waals surface area contributed by atoms with Gasteiger partial charge in [-0.2, -0.15) is 0 Å². The van der Waals surface area contributed by atoms with Crippen molar-refractivity contribution in [2.45, 2.75) is 27.2 Å². The molecular weight excluding hydrogens is 246 g/mol. The van der Waals surface area contributed by atoms with E-state index in [1.165, 1.54) is 12.1 Å². The number of hydrogen-bond donors (Lipinski definition) is 3. The molecule has 1 aromatic carbocycles. The smallest absolute Gasteiger partial charge is 0.407 e. The Balaban J connectivity index is 2.41. The number of rotatable bonds is 5. The zero-order valence-corrected chi connectivity index (χ0v) is 11.6. The third-order valence-electron chi connectivity index (χ3n) is 2.64. The summed E-state index contributed by atoms with van der Waals surface area (Å²) in [6.45, 7) is 6.59. The Morgan fingerprint density at radius 1 is 1.32 bits per heavy atom. The molecule has 106 valence electrons. The highest BCUT2D eigenvalue weighted by Crippen LogP contribution is 2.27. The van der Waals surface area contributed by atoms with Crippen molar-refractivity contribution in [2.24, 2.45) is 5.92 Å². The molecule has 1 rings (SSSR count). The van der Waals surface area contributed by atoms with Crippen LogP contribution in [0, 0.1) is 12.8 Å². The minimum absolute atomic E-state index is 0.134. The van der Waals surface area contributed by atoms with E-state index in [1.54, 1.807) is 0 Å². The first-order valence-corrected chi connectivity index (χ1v) is 6.32. The first kappa shape index (κ1) is 15.1. The van der Waals surface area contributed by atoms with Crippen molar-refractivity contribution in [1.82, 2.24) is 5.32 Å². The van der Waals surface area contributed by atoms with Crippen molar-refractivity contribution in [1.29, 1.82) is 0 Å². The second kappa shape index (κ2) is 6.87. The van der Waals surface area contributed by atoms with Gasteiger partial charge in [0.1, 0.15) is 0 Å². The maximum absolute atomic E-state index is 11.3. The molecule has 5 nitrogen and oxygen atoms in total. The standard InChI is InChI=1S/C14H21NO4/c1-9(2)8-19-14(18)15-5-4-11-7-13(17)12(16)6-10(11)3/h6-7,9,16-17H,4-5,8H2,1-3H3,(H,15,18). The van der Waals surface area contributed by atoms with Gasteiger partial charge in [0.25, 0.3) is 0 Å². The average molecular weight is 267 g/mol. The van der Waals surface area contributed by atoms with Crippen molar-refractivity contribution < 1.29 is 19.7 Å². The molecule has 0 heterocycles. The summed E-state index contributed by atoms with van der Waals surface area (Å²) in [5.74, 6) is 0.0237. The molecule has 5 heteroatoms. The molecule has 0 aliphatic rings. The Kier molecular flexibility index (Phi) is 5.48. The van der Waals surface area contributed by atoms with Crippen molar-refractivity contribution >= 4 is 6.09 Å². The minimum Gasteiger partial charge on any atom is -0.504 e. The van der Waals surface area contributed by atoms with Crippen LogP contribution in [0.4, 0.5) is 4.79 Å². The number of carbonyl (C=O) groups excluding carboxylic acids is 1. The second-order valence-corrected chi connectivity index (χ2v) is 4.94. The average Bonchev–Trinajstić information content (AvgIpc) is 2.33. The van der Waals surface area contributed by atoms with E-state index >= 15 is 0 Å². The molecule has 19 heavy (non-hydrogen) atoms. The highest BCUT2D eigenvalue weighted by Gasteiger charge is 2.07. The normalized spacial score (nSPS) is 10.5. The van der Waals surface area contributed by atoms with Gasteiger partial charge in [-0.25, -0.2) is 4.79 Å². The largest absolute Gasteiger partial charge is 0.504 e. The van der Waals surface area contributed by atoms with Crippen molar-refractivity contribution in [3.05, 3.63) is 23.3 Å². The van der Waals surface area contributed by atoms with Gasteiger partial charge in [-0.05, 0) is 42.5 Å². The second-order valence-electron chi connectivity index (χ2n) is 4.94. The number of phenolic OH excluding ortho intramolecular Hbond substituents is 2. The van der Waals surface area contributed by atoms with Crippen LogP contribution in [0.1, 0.15) is 25.0 Å². The molecule has 0 spiro atoms. The zero-order chi connectivity index (χ0) is 14.4. The monoisotopic (exact) mass is 267 g/mol. The molecule has 0 atom stereocenters. The highest BCUT2D eigenvalue weighted by molar-refractivity contribution is 5.67. The lowest BCUT2D eigenvalue weighted by atomic mass is 10.0. The van der Waals surface area contributed by atoms with Gasteiger partial charge in [0.15, 0.2) is 11.5 Å². The Morgan fingerprint density at radius 2 is 1.95 bits per heavy atom. The Hall–Kier alpha value is -1.91. The number of hydrogen-bond acceptors (Lipinski definition) is 4. The van der Waals surface area contributed by atoms with Gasteiger partial charge >= 0.3 is 6.09 Å². The van der Waals surface area contributed by atoms with Crippen LogP contribution in [0.5, 0.6) is 11.5 Å². The molecule has 0 fully saturated rings. The van der Waals surface area contributed by atoms with E-state index in [1.807, 2.05) is 20.8 Å². The van der Waals surface area contributed by atoms with E-state index in [2.05, 4.69) is 5.32 Å². The predicted molar refractivity (Wildman–Crippen MR) is 72.4 cm³/mol. The van der Waals surface area contributed by atoms with Gasteiger partial charge in [-0.1, -0.05) is 13.8 Å². The first-order chi connectivity index (χ1) is 8.90. The molecule has 0 unspecified atom stereocenters. The molecule has 0 aromatic heterocycles. The van der Waals surface area contributed by atoms with E-state index in [0.717, 1.165) is 11.1 Å². The summed E-state index contributed by atoms with van der Waals surface area (Å²) < 4.78 is 4.98. The van der Waals surface area contributed by atoms with Crippen molar-refractivity contribution in [2.75, 3.05) is 13.2 Å². The van der Waals surface area contributed by atoms with E-state index in [0.29, 0.717) is 25.5 Å². The molecule has 1 aromatic rings. The Bertz CT molecular complexity index is 443. The summed E-state index contributed by atoms with van der Waals surface area (Å²) in [6.07, 6.45) is 0.130. The van der Waals surface area contributed by atoms with E-state index < -0.39 is 6.09 Å². The van der Waals surface area contributed by atoms with Crippen LogP contribution >= 0.6 is 0 Å². The maximum atomic E-state index is 11.3. The van der Waals surface area contributed by atoms with Gasteiger partial charge in [0.2, 0.25) is 0 Å². The molecule has 0 bridgehead atoms. The van der Waals surface area contributed by atoms with Gasteiger partial charge in [-0.15, -0.1) is 0 Å². The lowest BCUT2D eigenvalue weighted by molar-refractivity contribution is 0.133. The van der Waals surface area contributed by atoms with Crippen molar-refractivity contribution in [3.63, 3.8) is 0 Å². The molecule has 0 radical (unpaired) electrons. The number of nitrogens with one attached hydrogen (secondary N) is 1. The van der Waals surface area contributed by atoms with E-state index in [9.17, 15) is 15.0 Å². The number of aromatic hydroxyl groups is 2. The fraction of sp³-hybridized carbons (Fsp3) is 0.500. The summed E-state index contributed by atoms with van der Waals surface area (Å²) in [5, 5.41) is 21.4. The van der Waals surface area contributed by atoms with Crippen LogP contribution in [-0.4, -0.2) is 29.5 Å². The molecule has 3 N–H and O–H groups in total. The number of amides is 1. The summed E-state index contributed by atoms with van der Waals surface area (Å²) in [7, 11) is 0. The van der Waals surface area contributed by atoms with E-state index in [4.69, 9.17) is 4.74 Å². The number of alkyl carbamates (subject to hydrolysis) is 1. The summed E-state index contributed by atoms with van der Waals surface area (Å²) in [4.78, 5) is 11.3. The molecule has 0 aliphatic carbocycles. The predicted octanol–water partition coefficient (Wildman–Crippen LogP) is 2.33. The molecule has 0 aliphatic heterocycles. The van der Waals surface area contributed by atoms with Gasteiger partial charge < -0.3 is 20.3 Å². The topological polar surface area (TPSA) is 78.8 Å². The fourth-order valence-electron chi connectivity index (χ4n) is 1.59. The summed E-state index contributed by atoms with van der Waals surface area (Å²) in [6, 6.07) is 3.01. The number of aryl methyl sites for hydroxylation is 1. The number of carbonyl (C=O) groups is 1. The Morgan fingerprint density at radius 3 is 2.58 bits per heavy atom. The zero-order valence-electron chi connectivity index (χ0n) is 11.6. The van der Waals surface area contributed by atoms with Crippen LogP contribution in [-0.2, 0) is 11.2 Å². The van der Waals surface area contributed by atoms with Crippen LogP contribution in [0.15, 0.2) is 12.1 Å². The van der Waals surface area contributed by atoms with Gasteiger partial charge in [0, 0.05) is 6.54 Å². The third kappa shape index (κ3) is 5.07. The molecule has 0 saturated heterocycles. The summed E-state index contributed by atoms with van der Waals surface area (Å²) >= 11 is 0. The Labute approximate surface area is 113 Å². The van der Waals surface area contributed by atoms with Crippen LogP contribution < -0.4 is 5.32 Å². The van der Waals surface area contributed by atoms with Crippen molar-refractivity contribution in [3.8, 4) is 11.5 Å². The minimum atomic E-state index is -0.436. The van der Waals surface area contributed by atoms with Crippen LogP contribution in [0.3, 0.4) is 0 Å². The fourth-order valence-corrected chi connectivity index (χ4v) is 1.59. The lowest BCUT2D eigenvalue weighted by Gasteiger charge is -2.10. The number of benzene rings is 1. The molecular formula is C14H21NO4. The first-order valence-electron chi connectivity index (χ1n) is 6.32. The lowest BCUT2D eigenvalue weighted by Crippen LogP contribution is -2.27. The number of ether oxygens (including phenoxy) is 1. The third-order valence-corrected chi connectivity index (χ3v) is 2.64. The maximum Gasteiger partial charge on any atom is 0.407 e. The molecule has 0 saturated carbocycles. The van der Waals surface area contributed by atoms with Gasteiger partial charge in [-0.3, -0.25) is 0 Å². The quantitative estimate of drug-likeness (QED) is 0.715. The van der Waals surface area contributed by atoms with Crippen LogP contribution in [0.2, 0.25) is 0 Å². The summed E-state index contributed by atoms with van der Waals surface area (Å²) in [5.41, 5.74) is 1.74. The SMILES string of the molecule is Cc1cc(O)c(O)cc1CCNC(=O)OCC(C)C. The van der Waals surface area contributed by atoms with Gasteiger partial charge in [0.05, 0.1) is 6.61 Å². The van der Waals surface area contributed by atoms with Crippen LogP contribution in [0.25, 0.3) is 0 Å². The van der Waals surface area contributed by atoms with E-state index in [-0.39, 0.29) is 11.5 Å². The highest BCUT2D eigenvalue weighted by atomic mass is 16.5.